The molecule has 1 saturated heterocycles. The number of carbonyl (C=O) groups excluding carboxylic acids is 1. The van der Waals surface area contributed by atoms with E-state index >= 15 is 4.39 Å². The number of benzene rings is 1. The Morgan fingerprint density at radius 3 is 2.72 bits per heavy atom. The van der Waals surface area contributed by atoms with Gasteiger partial charge in [0.2, 0.25) is 0 Å². The monoisotopic (exact) mass is 489 g/mol. The quantitative estimate of drug-likeness (QED) is 0.544. The number of anilines is 1. The number of halogens is 1. The Morgan fingerprint density at radius 2 is 2.06 bits per heavy atom. The first-order valence-electron chi connectivity index (χ1n) is 12.7. The van der Waals surface area contributed by atoms with Gasteiger partial charge in [-0.25, -0.2) is 14.4 Å². The first kappa shape index (κ1) is 24.4. The van der Waals surface area contributed by atoms with Crippen LogP contribution < -0.4 is 10.1 Å². The molecule has 0 spiro atoms. The molecule has 2 aromatic rings. The number of fused-ring (bicyclic) bond motifs is 1. The number of ketones is 1. The lowest BCUT2D eigenvalue weighted by Crippen LogP contribution is -2.31. The lowest BCUT2D eigenvalue weighted by Gasteiger charge is -2.28. The molecule has 2 heterocycles. The summed E-state index contributed by atoms with van der Waals surface area (Å²) in [6.07, 6.45) is 7.02. The molecule has 1 aromatic heterocycles. The van der Waals surface area contributed by atoms with E-state index in [1.54, 1.807) is 0 Å². The van der Waals surface area contributed by atoms with Crippen molar-refractivity contribution >= 4 is 17.2 Å². The number of hydrogen-bond acceptors (Lipinski definition) is 7. The van der Waals surface area contributed by atoms with Crippen LogP contribution in [0.25, 0.3) is 5.57 Å². The van der Waals surface area contributed by atoms with Crippen LogP contribution in [0.3, 0.4) is 0 Å². The van der Waals surface area contributed by atoms with E-state index in [9.17, 15) is 10.1 Å². The molecule has 1 aromatic carbocycles. The number of ether oxygens (including phenoxy) is 1. The van der Waals surface area contributed by atoms with Crippen molar-refractivity contribution in [2.45, 2.75) is 57.4 Å². The zero-order chi connectivity index (χ0) is 25.4. The highest BCUT2D eigenvalue weighted by Gasteiger charge is 2.39. The summed E-state index contributed by atoms with van der Waals surface area (Å²) in [5.74, 6) is 1.19. The van der Waals surface area contributed by atoms with Crippen LogP contribution in [0.1, 0.15) is 72.0 Å². The van der Waals surface area contributed by atoms with Crippen LogP contribution in [-0.2, 0) is 12.8 Å². The van der Waals surface area contributed by atoms with E-state index in [-0.39, 0.29) is 29.2 Å². The first-order valence-corrected chi connectivity index (χ1v) is 12.7. The summed E-state index contributed by atoms with van der Waals surface area (Å²) in [5, 5.41) is 13.0. The van der Waals surface area contributed by atoms with Gasteiger partial charge in [-0.2, -0.15) is 5.26 Å². The van der Waals surface area contributed by atoms with Gasteiger partial charge in [-0.1, -0.05) is 6.08 Å². The van der Waals surface area contributed by atoms with Gasteiger partial charge in [-0.05, 0) is 70.8 Å². The van der Waals surface area contributed by atoms with Gasteiger partial charge in [0.1, 0.15) is 23.2 Å². The maximum Gasteiger partial charge on any atom is 0.166 e. The number of hydrogen-bond donors (Lipinski definition) is 1. The van der Waals surface area contributed by atoms with Crippen LogP contribution >= 0.6 is 0 Å². The number of Topliss-reactive ketones (excluding diaryl/α,β-unsaturated/α-hetero) is 1. The van der Waals surface area contributed by atoms with Crippen LogP contribution in [0.15, 0.2) is 18.2 Å². The van der Waals surface area contributed by atoms with Crippen molar-refractivity contribution in [2.24, 2.45) is 5.92 Å². The van der Waals surface area contributed by atoms with Crippen molar-refractivity contribution in [2.75, 3.05) is 32.6 Å². The second-order valence-electron chi connectivity index (χ2n) is 10.6. The second-order valence-corrected chi connectivity index (χ2v) is 10.6. The minimum atomic E-state index is -0.540. The average Bonchev–Trinajstić information content (AvgIpc) is 3.42. The summed E-state index contributed by atoms with van der Waals surface area (Å²) >= 11 is 0. The Kier molecular flexibility index (Phi) is 6.52. The van der Waals surface area contributed by atoms with Gasteiger partial charge in [0, 0.05) is 30.4 Å². The zero-order valence-corrected chi connectivity index (χ0v) is 21.2. The van der Waals surface area contributed by atoms with E-state index in [0.717, 1.165) is 50.0 Å². The lowest BCUT2D eigenvalue weighted by atomic mass is 9.89. The summed E-state index contributed by atoms with van der Waals surface area (Å²) in [4.78, 5) is 24.6. The third-order valence-corrected chi connectivity index (χ3v) is 7.67. The number of nitrogens with one attached hydrogen (secondary N) is 1. The maximum absolute atomic E-state index is 15.2. The molecule has 36 heavy (non-hydrogen) atoms. The molecular weight excluding hydrogens is 457 g/mol. The Morgan fingerprint density at radius 1 is 1.31 bits per heavy atom. The van der Waals surface area contributed by atoms with Crippen LogP contribution in [0.2, 0.25) is 0 Å². The highest BCUT2D eigenvalue weighted by atomic mass is 19.1. The lowest BCUT2D eigenvalue weighted by molar-refractivity contribution is 0.0932. The number of nitriles is 1. The molecule has 1 N–H and O–H groups in total. The fourth-order valence-electron chi connectivity index (χ4n) is 5.10. The summed E-state index contributed by atoms with van der Waals surface area (Å²) < 4.78 is 20.7. The zero-order valence-electron chi connectivity index (χ0n) is 21.2. The summed E-state index contributed by atoms with van der Waals surface area (Å²) in [5.41, 5.74) is 2.79. The molecule has 188 valence electrons. The molecular formula is C28H32FN5O2. The molecule has 2 aliphatic carbocycles. The third kappa shape index (κ3) is 4.98. The topological polar surface area (TPSA) is 91.1 Å². The van der Waals surface area contributed by atoms with Gasteiger partial charge in [-0.3, -0.25) is 4.79 Å². The van der Waals surface area contributed by atoms with Gasteiger partial charge in [0.05, 0.1) is 35.6 Å². The molecule has 7 nitrogen and oxygen atoms in total. The summed E-state index contributed by atoms with van der Waals surface area (Å²) in [7, 11) is 3.60. The predicted octanol–water partition coefficient (Wildman–Crippen LogP) is 4.56. The molecule has 3 aliphatic rings. The molecule has 2 fully saturated rings. The highest BCUT2D eigenvalue weighted by Crippen LogP contribution is 2.41. The SMILES string of the molecule is COc1cc(C(=O)CC2CCN(C)CC2)c(F)cc1Cc1nc2c(c(NC3(C)CC3)n1)C(C#N)=CC2. The number of nitrogens with zero attached hydrogens (tertiary/aromatic N) is 4. The van der Waals surface area contributed by atoms with Gasteiger partial charge in [0.25, 0.3) is 0 Å². The van der Waals surface area contributed by atoms with E-state index in [4.69, 9.17) is 14.7 Å². The van der Waals surface area contributed by atoms with E-state index < -0.39 is 5.82 Å². The average molecular weight is 490 g/mol. The molecule has 0 radical (unpaired) electrons. The smallest absolute Gasteiger partial charge is 0.166 e. The standard InChI is InChI=1S/C28H32FN5O2/c1-28(8-9-28)33-27-26-18(16-30)4-5-22(26)31-25(32-27)14-19-13-21(29)20(15-24(19)36-3)23(35)12-17-6-10-34(2)11-7-17/h4,13,15,17H,5-12,14H2,1-3H3,(H,31,32,33). The van der Waals surface area contributed by atoms with Gasteiger partial charge in [0.15, 0.2) is 5.78 Å². The van der Waals surface area contributed by atoms with Crippen LogP contribution in [0.4, 0.5) is 10.2 Å². The number of piperidine rings is 1. The number of allylic oxidation sites excluding steroid dienone is 2. The molecule has 8 heteroatoms. The summed E-state index contributed by atoms with van der Waals surface area (Å²) in [6, 6.07) is 5.15. The second kappa shape index (κ2) is 9.62. The van der Waals surface area contributed by atoms with Gasteiger partial charge >= 0.3 is 0 Å². The molecule has 1 aliphatic heterocycles. The largest absolute Gasteiger partial charge is 0.496 e. The fourth-order valence-corrected chi connectivity index (χ4v) is 5.10. The molecule has 0 amide bonds. The summed E-state index contributed by atoms with van der Waals surface area (Å²) in [6.45, 7) is 4.06. The number of rotatable bonds is 8. The van der Waals surface area contributed by atoms with Crippen molar-refractivity contribution in [3.05, 3.63) is 52.2 Å². The third-order valence-electron chi connectivity index (χ3n) is 7.67. The normalized spacial score (nSPS) is 18.8. The first-order chi connectivity index (χ1) is 17.3. The van der Waals surface area contributed by atoms with Crippen LogP contribution in [-0.4, -0.2) is 53.4 Å². The van der Waals surface area contributed by atoms with Crippen LogP contribution in [0, 0.1) is 23.1 Å². The van der Waals surface area contributed by atoms with Crippen LogP contribution in [0.5, 0.6) is 5.75 Å². The van der Waals surface area contributed by atoms with E-state index in [0.29, 0.717) is 41.4 Å². The number of carbonyl (C=O) groups is 1. The molecule has 0 unspecified atom stereocenters. The molecule has 1 saturated carbocycles. The van der Waals surface area contributed by atoms with Crippen molar-refractivity contribution in [1.29, 1.82) is 5.26 Å². The Balaban J connectivity index is 1.40. The minimum Gasteiger partial charge on any atom is -0.496 e. The number of aromatic nitrogens is 2. The predicted molar refractivity (Wildman–Crippen MR) is 136 cm³/mol. The Labute approximate surface area is 211 Å². The molecule has 0 atom stereocenters. The van der Waals surface area contributed by atoms with Crippen molar-refractivity contribution in [3.63, 3.8) is 0 Å². The number of likely N-dealkylation sites (tertiary alicyclic amines) is 1. The molecule has 0 bridgehead atoms. The Bertz CT molecular complexity index is 1270. The van der Waals surface area contributed by atoms with Crippen molar-refractivity contribution in [3.8, 4) is 11.8 Å². The van der Waals surface area contributed by atoms with Gasteiger partial charge < -0.3 is 15.0 Å². The minimum absolute atomic E-state index is 0.0257. The Hall–Kier alpha value is -3.31. The van der Waals surface area contributed by atoms with Gasteiger partial charge in [-0.15, -0.1) is 0 Å². The molecule has 5 rings (SSSR count). The fraction of sp³-hybridized carbons (Fsp3) is 0.500. The van der Waals surface area contributed by atoms with Crippen molar-refractivity contribution in [1.82, 2.24) is 14.9 Å². The maximum atomic E-state index is 15.2. The van der Waals surface area contributed by atoms with Crippen molar-refractivity contribution < 1.29 is 13.9 Å². The van der Waals surface area contributed by atoms with E-state index in [1.807, 2.05) is 6.08 Å². The highest BCUT2D eigenvalue weighted by molar-refractivity contribution is 5.97. The van der Waals surface area contributed by atoms with E-state index in [1.165, 1.54) is 19.2 Å². The van der Waals surface area contributed by atoms with E-state index in [2.05, 4.69) is 30.3 Å². The number of methoxy groups -OCH3 is 1.